The first-order chi connectivity index (χ1) is 17.9. The lowest BCUT2D eigenvalue weighted by Gasteiger charge is -2.31. The minimum Gasteiger partial charge on any atom is -0.393 e. The van der Waals surface area contributed by atoms with Gasteiger partial charge in [0.05, 0.1) is 18.8 Å². The highest BCUT2D eigenvalue weighted by Gasteiger charge is 2.51. The van der Waals surface area contributed by atoms with Crippen LogP contribution < -0.4 is 22.5 Å². The van der Waals surface area contributed by atoms with Gasteiger partial charge in [0.2, 0.25) is 0 Å². The summed E-state index contributed by atoms with van der Waals surface area (Å²) in [5.74, 6) is 0.365. The van der Waals surface area contributed by atoms with Gasteiger partial charge in [-0.3, -0.25) is 28.7 Å². The van der Waals surface area contributed by atoms with E-state index in [1.54, 1.807) is 0 Å². The Balaban J connectivity index is 0.000000211. The molecule has 2 aliphatic rings. The Morgan fingerprint density at radius 1 is 0.737 bits per heavy atom. The average molecular weight is 537 g/mol. The smallest absolute Gasteiger partial charge is 0.330 e. The second-order valence-corrected chi connectivity index (χ2v) is 10.5. The van der Waals surface area contributed by atoms with Gasteiger partial charge in [-0.2, -0.15) is 0 Å². The largest absolute Gasteiger partial charge is 0.393 e. The van der Waals surface area contributed by atoms with Gasteiger partial charge in [-0.05, 0) is 24.7 Å². The van der Waals surface area contributed by atoms with Crippen LogP contribution in [0, 0.1) is 23.7 Å². The van der Waals surface area contributed by atoms with Gasteiger partial charge in [0.15, 0.2) is 0 Å². The third-order valence-corrected chi connectivity index (χ3v) is 8.83. The summed E-state index contributed by atoms with van der Waals surface area (Å²) >= 11 is 0. The molecule has 2 saturated heterocycles. The molecule has 0 saturated carbocycles. The van der Waals surface area contributed by atoms with Crippen molar-refractivity contribution in [3.8, 4) is 0 Å². The van der Waals surface area contributed by atoms with Crippen LogP contribution in [0.2, 0.25) is 0 Å². The van der Waals surface area contributed by atoms with E-state index in [4.69, 9.17) is 9.47 Å². The van der Waals surface area contributed by atoms with Gasteiger partial charge in [-0.15, -0.1) is 0 Å². The third kappa shape index (κ3) is 5.22. The molecule has 2 aromatic rings. The molecule has 2 fully saturated rings. The minimum absolute atomic E-state index is 0.0945. The standard InChI is InChI=1S/C14H22N2O3.C12H18N2O5/c1-5-14(6-2)10(4)9(3)12(19-14)16-8-7-11(17)15-13(16)18;1-7-8(2)12(5-15,6-16)19-10(7)14-4-3-9(17)13-11(14)18/h7-10,12H,5-6H2,1-4H3,(H,15,17,18);3-4,7-8,10,15-16H,5-6H2,1-2H3,(H,13,17,18). The molecule has 0 amide bonds. The van der Waals surface area contributed by atoms with E-state index in [0.717, 1.165) is 12.8 Å². The van der Waals surface area contributed by atoms with Gasteiger partial charge in [0.1, 0.15) is 18.1 Å². The Bertz CT molecular complexity index is 1220. The topological polar surface area (TPSA) is 169 Å². The Hall–Kier alpha value is -2.80. The Morgan fingerprint density at radius 2 is 1.11 bits per heavy atom. The number of rotatable bonds is 6. The lowest BCUT2D eigenvalue weighted by Crippen LogP contribution is -2.43. The number of nitrogens with one attached hydrogen (secondary N) is 2. The van der Waals surface area contributed by atoms with Gasteiger partial charge in [0, 0.05) is 36.4 Å². The van der Waals surface area contributed by atoms with Crippen LogP contribution in [0.1, 0.15) is 66.8 Å². The second kappa shape index (κ2) is 11.5. The van der Waals surface area contributed by atoms with Crippen LogP contribution in [0.5, 0.6) is 0 Å². The van der Waals surface area contributed by atoms with Crippen LogP contribution in [0.25, 0.3) is 0 Å². The molecule has 2 aliphatic heterocycles. The molecule has 2 aromatic heterocycles. The van der Waals surface area contributed by atoms with Crippen LogP contribution in [0.15, 0.2) is 43.7 Å². The molecule has 6 atom stereocenters. The first-order valence-electron chi connectivity index (χ1n) is 13.1. The van der Waals surface area contributed by atoms with E-state index >= 15 is 0 Å². The highest BCUT2D eigenvalue weighted by atomic mass is 16.6. The molecule has 4 N–H and O–H groups in total. The molecule has 0 aromatic carbocycles. The van der Waals surface area contributed by atoms with Crippen molar-refractivity contribution in [1.29, 1.82) is 0 Å². The molecule has 0 radical (unpaired) electrons. The van der Waals surface area contributed by atoms with Crippen LogP contribution >= 0.6 is 0 Å². The number of aliphatic hydroxyl groups is 2. The molecule has 6 unspecified atom stereocenters. The fourth-order valence-electron chi connectivity index (χ4n) is 5.71. The third-order valence-electron chi connectivity index (χ3n) is 8.83. The number of ether oxygens (including phenoxy) is 2. The zero-order chi connectivity index (χ0) is 28.4. The monoisotopic (exact) mass is 536 g/mol. The van der Waals surface area contributed by atoms with Crippen molar-refractivity contribution in [3.05, 3.63) is 66.2 Å². The quantitative estimate of drug-likeness (QED) is 0.423. The predicted molar refractivity (Wildman–Crippen MR) is 140 cm³/mol. The highest BCUT2D eigenvalue weighted by molar-refractivity contribution is 4.99. The molecule has 0 bridgehead atoms. The number of hydrogen-bond acceptors (Lipinski definition) is 8. The zero-order valence-electron chi connectivity index (χ0n) is 22.8. The van der Waals surface area contributed by atoms with E-state index in [9.17, 15) is 29.4 Å². The van der Waals surface area contributed by atoms with Crippen LogP contribution in [-0.4, -0.2) is 53.7 Å². The number of nitrogens with zero attached hydrogens (tertiary/aromatic N) is 2. The molecule has 0 aliphatic carbocycles. The number of aliphatic hydroxyl groups excluding tert-OH is 2. The lowest BCUT2D eigenvalue weighted by atomic mass is 9.79. The maximum Gasteiger partial charge on any atom is 0.330 e. The van der Waals surface area contributed by atoms with Crippen molar-refractivity contribution in [2.24, 2.45) is 23.7 Å². The SMILES string of the molecule is CC1C(n2ccc(=O)[nH]c2=O)OC(CO)(CO)C1C.CCC1(CC)OC(n2ccc(=O)[nH]c2=O)C(C)C1C. The van der Waals surface area contributed by atoms with E-state index in [-0.39, 0.29) is 48.4 Å². The summed E-state index contributed by atoms with van der Waals surface area (Å²) in [5, 5.41) is 18.9. The first-order valence-corrected chi connectivity index (χ1v) is 13.1. The lowest BCUT2D eigenvalue weighted by molar-refractivity contribution is -0.135. The number of aromatic amines is 2. The fourth-order valence-corrected chi connectivity index (χ4v) is 5.71. The van der Waals surface area contributed by atoms with E-state index in [2.05, 4.69) is 37.7 Å². The summed E-state index contributed by atoms with van der Waals surface area (Å²) in [6.07, 6.45) is 3.79. The second-order valence-electron chi connectivity index (χ2n) is 10.5. The summed E-state index contributed by atoms with van der Waals surface area (Å²) in [6.45, 7) is 11.6. The van der Waals surface area contributed by atoms with Gasteiger partial charge in [-0.1, -0.05) is 41.5 Å². The molecule has 38 heavy (non-hydrogen) atoms. The number of H-pyrrole nitrogens is 2. The van der Waals surface area contributed by atoms with Crippen molar-refractivity contribution in [2.75, 3.05) is 13.2 Å². The van der Waals surface area contributed by atoms with Gasteiger partial charge in [0.25, 0.3) is 11.1 Å². The molecule has 212 valence electrons. The molecular weight excluding hydrogens is 496 g/mol. The van der Waals surface area contributed by atoms with E-state index < -0.39 is 28.8 Å². The maximum atomic E-state index is 11.9. The molecule has 0 spiro atoms. The van der Waals surface area contributed by atoms with Gasteiger partial charge >= 0.3 is 11.4 Å². The van der Waals surface area contributed by atoms with Crippen LogP contribution in [-0.2, 0) is 9.47 Å². The normalized spacial score (nSPS) is 29.6. The molecule has 12 heteroatoms. The van der Waals surface area contributed by atoms with E-state index in [0.29, 0.717) is 5.92 Å². The highest BCUT2D eigenvalue weighted by Crippen LogP contribution is 2.48. The fraction of sp³-hybridized carbons (Fsp3) is 0.692. The van der Waals surface area contributed by atoms with Gasteiger partial charge in [-0.25, -0.2) is 9.59 Å². The van der Waals surface area contributed by atoms with Crippen LogP contribution in [0.4, 0.5) is 0 Å². The molecule has 4 heterocycles. The van der Waals surface area contributed by atoms with Crippen molar-refractivity contribution in [2.45, 2.75) is 78.0 Å². The summed E-state index contributed by atoms with van der Waals surface area (Å²) < 4.78 is 14.7. The predicted octanol–water partition coefficient (Wildman–Crippen LogP) is 0.957. The Kier molecular flexibility index (Phi) is 9.02. The Morgan fingerprint density at radius 3 is 1.39 bits per heavy atom. The van der Waals surface area contributed by atoms with Crippen molar-refractivity contribution >= 4 is 0 Å². The minimum atomic E-state index is -1.07. The number of aromatic nitrogens is 4. The first kappa shape index (κ1) is 29.8. The summed E-state index contributed by atoms with van der Waals surface area (Å²) in [6, 6.07) is 2.60. The maximum absolute atomic E-state index is 11.9. The van der Waals surface area contributed by atoms with E-state index in [1.807, 2.05) is 13.8 Å². The van der Waals surface area contributed by atoms with Crippen molar-refractivity contribution < 1.29 is 19.7 Å². The summed E-state index contributed by atoms with van der Waals surface area (Å²) in [5.41, 5.74) is -3.07. The van der Waals surface area contributed by atoms with Crippen LogP contribution in [0.3, 0.4) is 0 Å². The average Bonchev–Trinajstić information content (AvgIpc) is 3.30. The molecule has 4 rings (SSSR count). The van der Waals surface area contributed by atoms with Crippen molar-refractivity contribution in [1.82, 2.24) is 19.1 Å². The molecule has 12 nitrogen and oxygen atoms in total. The summed E-state index contributed by atoms with van der Waals surface area (Å²) in [7, 11) is 0. The Labute approximate surface area is 220 Å². The molecular formula is C26H40N4O8. The summed E-state index contributed by atoms with van der Waals surface area (Å²) in [4.78, 5) is 50.3. The van der Waals surface area contributed by atoms with Crippen molar-refractivity contribution in [3.63, 3.8) is 0 Å². The number of hydrogen-bond donors (Lipinski definition) is 4. The zero-order valence-corrected chi connectivity index (χ0v) is 22.8. The van der Waals surface area contributed by atoms with Gasteiger partial charge < -0.3 is 19.7 Å². The van der Waals surface area contributed by atoms with E-state index in [1.165, 1.54) is 33.7 Å².